The number of aromatic nitrogens is 2. The van der Waals surface area contributed by atoms with E-state index in [4.69, 9.17) is 0 Å². The first-order valence-corrected chi connectivity index (χ1v) is 7.87. The van der Waals surface area contributed by atoms with Gasteiger partial charge in [-0.05, 0) is 37.7 Å². The summed E-state index contributed by atoms with van der Waals surface area (Å²) in [6.07, 6.45) is 0. The molecule has 0 bridgehead atoms. The molecule has 0 aliphatic carbocycles. The Morgan fingerprint density at radius 3 is 2.64 bits per heavy atom. The number of para-hydroxylation sites is 1. The molecule has 0 aliphatic heterocycles. The molecule has 2 aromatic heterocycles. The van der Waals surface area contributed by atoms with Gasteiger partial charge < -0.3 is 9.88 Å². The Kier molecular flexibility index (Phi) is 3.96. The van der Waals surface area contributed by atoms with Crippen LogP contribution in [-0.2, 0) is 6.54 Å². The van der Waals surface area contributed by atoms with Crippen molar-refractivity contribution in [2.45, 2.75) is 12.6 Å². The number of likely N-dealkylation sites (N-methyl/N-ethyl adjacent to an activating group) is 1. The van der Waals surface area contributed by atoms with Gasteiger partial charge in [-0.25, -0.2) is 4.79 Å². The number of fused-ring (bicyclic) bond motifs is 1. The van der Waals surface area contributed by atoms with Crippen molar-refractivity contribution in [3.8, 4) is 0 Å². The predicted octanol–water partition coefficient (Wildman–Crippen LogP) is 2.05. The first-order chi connectivity index (χ1) is 10.6. The number of H-pyrrole nitrogens is 1. The number of nitrogens with zero attached hydrogens (tertiary/aromatic N) is 2. The lowest BCUT2D eigenvalue weighted by atomic mass is 10.2. The Morgan fingerprint density at radius 1 is 1.18 bits per heavy atom. The van der Waals surface area contributed by atoms with Crippen LogP contribution >= 0.6 is 11.3 Å². The van der Waals surface area contributed by atoms with E-state index in [9.17, 15) is 9.59 Å². The fourth-order valence-corrected chi connectivity index (χ4v) is 3.44. The largest absolute Gasteiger partial charge is 0.328 e. The van der Waals surface area contributed by atoms with Crippen LogP contribution in [-0.4, -0.2) is 28.5 Å². The molecule has 5 nitrogen and oxygen atoms in total. The minimum absolute atomic E-state index is 0.0139. The number of nitrogens with one attached hydrogen (secondary N) is 1. The monoisotopic (exact) mass is 315 g/mol. The second-order valence-electron chi connectivity index (χ2n) is 5.39. The number of aromatic amines is 1. The molecule has 2 heterocycles. The standard InChI is InChI=1S/C16H17N3O2S/c1-18(2)13(14-8-5-9-22-14)10-19-15(20)11-6-3-4-7-12(11)17-16(19)21/h3-9,13H,10H2,1-2H3,(H,17,21)/t13-/m0/s1. The number of hydrogen-bond acceptors (Lipinski definition) is 4. The highest BCUT2D eigenvalue weighted by atomic mass is 32.1. The maximum Gasteiger partial charge on any atom is 0.328 e. The van der Waals surface area contributed by atoms with Gasteiger partial charge in [0.1, 0.15) is 0 Å². The van der Waals surface area contributed by atoms with Gasteiger partial charge in [0.15, 0.2) is 0 Å². The number of thiophene rings is 1. The van der Waals surface area contributed by atoms with Crippen LogP contribution in [0.3, 0.4) is 0 Å². The molecule has 0 aliphatic rings. The summed E-state index contributed by atoms with van der Waals surface area (Å²) in [5.74, 6) is 0. The smallest absolute Gasteiger partial charge is 0.307 e. The molecule has 3 rings (SSSR count). The van der Waals surface area contributed by atoms with E-state index in [0.717, 1.165) is 4.88 Å². The van der Waals surface area contributed by atoms with Gasteiger partial charge in [-0.3, -0.25) is 9.36 Å². The number of benzene rings is 1. The molecule has 0 saturated heterocycles. The highest BCUT2D eigenvalue weighted by Gasteiger charge is 2.18. The van der Waals surface area contributed by atoms with Crippen LogP contribution in [0.1, 0.15) is 10.9 Å². The van der Waals surface area contributed by atoms with Crippen molar-refractivity contribution in [2.75, 3.05) is 14.1 Å². The summed E-state index contributed by atoms with van der Waals surface area (Å²) in [6.45, 7) is 0.326. The predicted molar refractivity (Wildman–Crippen MR) is 89.6 cm³/mol. The molecular formula is C16H17N3O2S. The third-order valence-electron chi connectivity index (χ3n) is 3.74. The summed E-state index contributed by atoms with van der Waals surface area (Å²) in [6, 6.07) is 11.1. The van der Waals surface area contributed by atoms with Crippen LogP contribution in [0, 0.1) is 0 Å². The molecular weight excluding hydrogens is 298 g/mol. The lowest BCUT2D eigenvalue weighted by molar-refractivity contribution is 0.268. The average Bonchev–Trinajstić information content (AvgIpc) is 3.00. The van der Waals surface area contributed by atoms with Crippen LogP contribution < -0.4 is 11.2 Å². The highest BCUT2D eigenvalue weighted by Crippen LogP contribution is 2.24. The van der Waals surface area contributed by atoms with Crippen molar-refractivity contribution in [1.82, 2.24) is 14.5 Å². The SMILES string of the molecule is CN(C)[C@@H](Cn1c(=O)[nH]c2ccccc2c1=O)c1cccs1. The average molecular weight is 315 g/mol. The molecule has 114 valence electrons. The molecule has 3 aromatic rings. The molecule has 6 heteroatoms. The van der Waals surface area contributed by atoms with Gasteiger partial charge in [0, 0.05) is 4.88 Å². The van der Waals surface area contributed by atoms with Crippen molar-refractivity contribution in [2.24, 2.45) is 0 Å². The molecule has 0 fully saturated rings. The van der Waals surface area contributed by atoms with Crippen LogP contribution in [0.2, 0.25) is 0 Å². The topological polar surface area (TPSA) is 58.1 Å². The summed E-state index contributed by atoms with van der Waals surface area (Å²) >= 11 is 1.62. The summed E-state index contributed by atoms with van der Waals surface area (Å²) in [4.78, 5) is 30.8. The number of rotatable bonds is 4. The Bertz CT molecular complexity index is 894. The Balaban J connectivity index is 2.10. The normalized spacial score (nSPS) is 12.9. The minimum Gasteiger partial charge on any atom is -0.307 e. The quantitative estimate of drug-likeness (QED) is 0.802. The number of hydrogen-bond donors (Lipinski definition) is 1. The van der Waals surface area contributed by atoms with E-state index in [1.54, 1.807) is 35.6 Å². The Morgan fingerprint density at radius 2 is 1.95 bits per heavy atom. The van der Waals surface area contributed by atoms with Gasteiger partial charge in [-0.15, -0.1) is 11.3 Å². The van der Waals surface area contributed by atoms with E-state index in [-0.39, 0.29) is 17.3 Å². The molecule has 0 saturated carbocycles. The fourth-order valence-electron chi connectivity index (χ4n) is 2.53. The zero-order valence-electron chi connectivity index (χ0n) is 12.4. The van der Waals surface area contributed by atoms with Crippen molar-refractivity contribution >= 4 is 22.2 Å². The second kappa shape index (κ2) is 5.90. The molecule has 1 atom stereocenters. The molecule has 22 heavy (non-hydrogen) atoms. The molecule has 0 amide bonds. The first-order valence-electron chi connectivity index (χ1n) is 6.99. The van der Waals surface area contributed by atoms with Gasteiger partial charge in [0.2, 0.25) is 0 Å². The third kappa shape index (κ3) is 2.63. The summed E-state index contributed by atoms with van der Waals surface area (Å²) in [5, 5.41) is 2.53. The Labute approximate surface area is 131 Å². The molecule has 0 spiro atoms. The van der Waals surface area contributed by atoms with Crippen molar-refractivity contribution < 1.29 is 0 Å². The van der Waals surface area contributed by atoms with Crippen LogP contribution in [0.25, 0.3) is 10.9 Å². The molecule has 1 aromatic carbocycles. The van der Waals surface area contributed by atoms with Gasteiger partial charge in [0.05, 0.1) is 23.5 Å². The lowest BCUT2D eigenvalue weighted by Gasteiger charge is -2.23. The van der Waals surface area contributed by atoms with E-state index in [2.05, 4.69) is 4.98 Å². The fraction of sp³-hybridized carbons (Fsp3) is 0.250. The van der Waals surface area contributed by atoms with Crippen LogP contribution in [0.15, 0.2) is 51.4 Å². The van der Waals surface area contributed by atoms with E-state index in [1.165, 1.54) is 4.57 Å². The Hall–Kier alpha value is -2.18. The van der Waals surface area contributed by atoms with Gasteiger partial charge in [-0.2, -0.15) is 0 Å². The van der Waals surface area contributed by atoms with Gasteiger partial charge >= 0.3 is 5.69 Å². The third-order valence-corrected chi connectivity index (χ3v) is 4.71. The maximum absolute atomic E-state index is 12.6. The molecule has 0 radical (unpaired) electrons. The zero-order valence-corrected chi connectivity index (χ0v) is 13.3. The molecule has 0 unspecified atom stereocenters. The van der Waals surface area contributed by atoms with Crippen molar-refractivity contribution in [3.63, 3.8) is 0 Å². The van der Waals surface area contributed by atoms with E-state index >= 15 is 0 Å². The van der Waals surface area contributed by atoms with Crippen molar-refractivity contribution in [3.05, 3.63) is 67.5 Å². The van der Waals surface area contributed by atoms with Crippen LogP contribution in [0.4, 0.5) is 0 Å². The summed E-state index contributed by atoms with van der Waals surface area (Å²) < 4.78 is 1.28. The van der Waals surface area contributed by atoms with Crippen LogP contribution in [0.5, 0.6) is 0 Å². The molecule has 1 N–H and O–H groups in total. The zero-order chi connectivity index (χ0) is 15.7. The lowest BCUT2D eigenvalue weighted by Crippen LogP contribution is -2.39. The highest BCUT2D eigenvalue weighted by molar-refractivity contribution is 7.10. The van der Waals surface area contributed by atoms with Crippen molar-refractivity contribution in [1.29, 1.82) is 0 Å². The first kappa shape index (κ1) is 14.7. The summed E-state index contributed by atoms with van der Waals surface area (Å²) in [5.41, 5.74) is -0.0406. The van der Waals surface area contributed by atoms with E-state index in [0.29, 0.717) is 17.4 Å². The maximum atomic E-state index is 12.6. The van der Waals surface area contributed by atoms with E-state index < -0.39 is 0 Å². The second-order valence-corrected chi connectivity index (χ2v) is 6.37. The summed E-state index contributed by atoms with van der Waals surface area (Å²) in [7, 11) is 3.90. The minimum atomic E-state index is -0.368. The van der Waals surface area contributed by atoms with E-state index in [1.807, 2.05) is 36.5 Å². The van der Waals surface area contributed by atoms with Gasteiger partial charge in [0.25, 0.3) is 5.56 Å². The van der Waals surface area contributed by atoms with Gasteiger partial charge in [-0.1, -0.05) is 18.2 Å².